The number of imidazole rings is 3. The normalized spacial score (nSPS) is 15.3. The first-order chi connectivity index (χ1) is 59.9. The number of anilines is 3. The molecule has 8 N–H and O–H groups in total. The van der Waals surface area contributed by atoms with Crippen molar-refractivity contribution in [2.45, 2.75) is 224 Å². The van der Waals surface area contributed by atoms with Crippen LogP contribution in [0.25, 0.3) is 44.6 Å². The monoisotopic (exact) mass is 1920 g/mol. The van der Waals surface area contributed by atoms with Gasteiger partial charge in [0.25, 0.3) is 11.9 Å². The minimum Gasteiger partial charge on any atom is -0.481 e. The van der Waals surface area contributed by atoms with E-state index in [4.69, 9.17) is 73.8 Å². The van der Waals surface area contributed by atoms with Crippen molar-refractivity contribution in [2.24, 2.45) is 0 Å². The Balaban J connectivity index is 0.000000170. The molecule has 9 aromatic heterocycles. The Morgan fingerprint density at radius 3 is 1.20 bits per heavy atom. The maximum Gasteiger partial charge on any atom is 0.496 e. The van der Waals surface area contributed by atoms with Crippen molar-refractivity contribution in [3.8, 4) is 11.1 Å². The highest BCUT2D eigenvalue weighted by molar-refractivity contribution is 9.11. The zero-order valence-corrected chi connectivity index (χ0v) is 81.3. The number of hydrogen-bond acceptors (Lipinski definition) is 24. The van der Waals surface area contributed by atoms with Crippen molar-refractivity contribution in [1.82, 2.24) is 58.7 Å². The highest BCUT2D eigenvalue weighted by Crippen LogP contribution is 2.44. The summed E-state index contributed by atoms with van der Waals surface area (Å²) in [7, 11) is -1.37. The number of carboxylic acid groups (broad SMARTS) is 1. The van der Waals surface area contributed by atoms with Crippen LogP contribution >= 0.6 is 47.8 Å². The average Bonchev–Trinajstić information content (AvgIpc) is 1.12. The molecule has 0 spiro atoms. The summed E-state index contributed by atoms with van der Waals surface area (Å²) in [5.74, 6) is 2.61. The van der Waals surface area contributed by atoms with Gasteiger partial charge in [0.05, 0.1) is 67.1 Å². The predicted octanol–water partition coefficient (Wildman–Crippen LogP) is 18.2. The van der Waals surface area contributed by atoms with Crippen LogP contribution in [0, 0.1) is 27.7 Å². The van der Waals surface area contributed by atoms with Crippen LogP contribution in [0.1, 0.15) is 174 Å². The first-order valence-corrected chi connectivity index (χ1v) is 44.4. The lowest BCUT2D eigenvalue weighted by atomic mass is 9.49. The number of aromatic nitrogens is 12. The highest BCUT2D eigenvalue weighted by Gasteiger charge is 2.64. The van der Waals surface area contributed by atoms with Crippen LogP contribution in [0.15, 0.2) is 201 Å². The van der Waals surface area contributed by atoms with Gasteiger partial charge in [-0.2, -0.15) is 0 Å². The van der Waals surface area contributed by atoms with E-state index in [-0.39, 0.29) is 40.2 Å². The third kappa shape index (κ3) is 27.2. The summed E-state index contributed by atoms with van der Waals surface area (Å²) in [4.78, 5) is 43.9. The van der Waals surface area contributed by atoms with Gasteiger partial charge in [0.2, 0.25) is 0 Å². The smallest absolute Gasteiger partial charge is 0.481 e. The van der Waals surface area contributed by atoms with Gasteiger partial charge in [-0.05, 0) is 250 Å². The van der Waals surface area contributed by atoms with E-state index in [2.05, 4.69) is 231 Å². The summed E-state index contributed by atoms with van der Waals surface area (Å²) in [5, 5.41) is 20.9. The second-order valence-corrected chi connectivity index (χ2v) is 36.2. The van der Waals surface area contributed by atoms with E-state index in [1.807, 2.05) is 159 Å². The van der Waals surface area contributed by atoms with E-state index in [1.54, 1.807) is 37.8 Å². The number of ether oxygens (including phenoxy) is 3. The number of pyridine rings is 5. The Hall–Kier alpha value is -9.65. The first kappa shape index (κ1) is 101. The first-order valence-electron chi connectivity index (χ1n) is 42.0. The van der Waals surface area contributed by atoms with Crippen LogP contribution in [0.2, 0.25) is 0 Å². The SMILES string of the molecule is CC(=O)O.CC1(C)OB(B2OC(C)(C)C(C)(C)O2)OC1(C)C.CCOC(C)(OCC)OCC.Cc1nc2ncc(B3OC(C)(C)C(C)(C)O3)cc2n1Cc1ccccc1.Cc1nc2ncc(Br)cc2n1Cc1ccccc1.Cc1noc(CO)c1-c1cnc2nc(C)n(Cc3ccccc3)c2c1.Nc1cc(Br)cnc1N.Nc1ncc(Br)cc1CCc1ccccc1. The van der Waals surface area contributed by atoms with Crippen molar-refractivity contribution in [1.29, 1.82) is 0 Å². The lowest BCUT2D eigenvalue weighted by molar-refractivity contribution is -0.365. The van der Waals surface area contributed by atoms with E-state index in [1.165, 1.54) is 22.3 Å². The van der Waals surface area contributed by atoms with Crippen molar-refractivity contribution >= 4 is 131 Å². The van der Waals surface area contributed by atoms with Gasteiger partial charge in [-0.25, -0.2) is 39.9 Å². The fraction of sp³-hybridized carbons (Fsp3) is 0.398. The molecule has 0 saturated carbocycles. The number of nitrogens with two attached hydrogens (primary N) is 3. The number of halogens is 3. The van der Waals surface area contributed by atoms with Crippen molar-refractivity contribution in [3.63, 3.8) is 0 Å². The summed E-state index contributed by atoms with van der Waals surface area (Å²) >= 11 is 10.1. The number of aliphatic hydroxyl groups is 1. The van der Waals surface area contributed by atoms with Crippen LogP contribution in [-0.2, 0) is 86.0 Å². The number of nitrogen functional groups attached to an aromatic ring is 3. The molecular formula is C93H119B3Br3N15O13. The lowest BCUT2D eigenvalue weighted by Crippen LogP contribution is -2.41. The van der Waals surface area contributed by atoms with Crippen LogP contribution in [0.4, 0.5) is 17.3 Å². The Labute approximate surface area is 771 Å². The Morgan fingerprint density at radius 2 is 0.811 bits per heavy atom. The summed E-state index contributed by atoms with van der Waals surface area (Å²) in [5.41, 5.74) is 29.6. The number of rotatable bonds is 19. The highest BCUT2D eigenvalue weighted by atomic mass is 79.9. The van der Waals surface area contributed by atoms with Crippen molar-refractivity contribution < 1.29 is 61.7 Å². The quantitative estimate of drug-likeness (QED) is 0.0371. The van der Waals surface area contributed by atoms with E-state index >= 15 is 0 Å². The number of aryl methyl sites for hydroxylation is 6. The summed E-state index contributed by atoms with van der Waals surface area (Å²) < 4.78 is 66.5. The third-order valence-electron chi connectivity index (χ3n) is 22.2. The summed E-state index contributed by atoms with van der Waals surface area (Å²) in [6, 6.07) is 51.3. The van der Waals surface area contributed by atoms with Crippen LogP contribution in [-0.4, -0.2) is 155 Å². The van der Waals surface area contributed by atoms with E-state index < -0.39 is 33.1 Å². The number of carboxylic acids is 1. The van der Waals surface area contributed by atoms with E-state index in [0.717, 1.165) is 126 Å². The number of aliphatic hydroxyl groups excluding tert-OH is 1. The molecule has 3 fully saturated rings. The molecule has 4 aromatic carbocycles. The Kier molecular flexibility index (Phi) is 35.5. The second kappa shape index (κ2) is 44.6. The van der Waals surface area contributed by atoms with E-state index in [9.17, 15) is 5.11 Å². The van der Waals surface area contributed by atoms with Gasteiger partial charge in [0.15, 0.2) is 22.7 Å². The minimum absolute atomic E-state index is 0.198. The summed E-state index contributed by atoms with van der Waals surface area (Å²) in [6.07, 6.45) is 10.6. The second-order valence-electron chi connectivity index (χ2n) is 33.4. The largest absolute Gasteiger partial charge is 0.496 e. The number of hydrogen-bond donors (Lipinski definition) is 5. The topological polar surface area (TPSA) is 363 Å². The number of aliphatic carboxylic acids is 1. The van der Waals surface area contributed by atoms with E-state index in [0.29, 0.717) is 48.6 Å². The van der Waals surface area contributed by atoms with Gasteiger partial charge in [-0.3, -0.25) is 4.79 Å². The fourth-order valence-electron chi connectivity index (χ4n) is 13.4. The van der Waals surface area contributed by atoms with Crippen LogP contribution in [0.5, 0.6) is 0 Å². The molecule has 0 aliphatic carbocycles. The molecule has 16 rings (SSSR count). The van der Waals surface area contributed by atoms with Gasteiger partial charge < -0.3 is 87.8 Å². The molecule has 674 valence electrons. The molecule has 0 unspecified atom stereocenters. The molecule has 34 heteroatoms. The molecule has 127 heavy (non-hydrogen) atoms. The van der Waals surface area contributed by atoms with Crippen LogP contribution < -0.4 is 22.7 Å². The summed E-state index contributed by atoms with van der Waals surface area (Å²) in [6.45, 7) is 44.8. The molecular weight excluding hydrogens is 1810 g/mol. The number of nitrogens with zero attached hydrogens (tertiary/aromatic N) is 12. The Morgan fingerprint density at radius 1 is 0.465 bits per heavy atom. The minimum atomic E-state index is -0.849. The molecule has 12 heterocycles. The molecule has 3 aliphatic heterocycles. The molecule has 0 amide bonds. The zero-order chi connectivity index (χ0) is 93.0. The predicted molar refractivity (Wildman–Crippen MR) is 513 cm³/mol. The lowest BCUT2D eigenvalue weighted by Gasteiger charge is -2.32. The van der Waals surface area contributed by atoms with Crippen molar-refractivity contribution in [3.05, 3.63) is 253 Å². The van der Waals surface area contributed by atoms with Crippen molar-refractivity contribution in [2.75, 3.05) is 37.0 Å². The van der Waals surface area contributed by atoms with Gasteiger partial charge in [0.1, 0.15) is 35.7 Å². The molecule has 28 nitrogen and oxygen atoms in total. The standard InChI is InChI=1S/C20H24BN3O2.C19H18N4O2.C14H12BrN3.C13H13BrN2.C12H24B2O4.C8H18O3.C5H6BrN3.C2H4O2/c1-14-23-18-17(24(14)13-15-9-7-6-8-10-15)11-16(12-22-18)21-25-19(2,3)20(4,5)26-21;1-12-18(17(11-24)25-22-12)15-8-16-19(20-9-15)21-13(2)23(16)10-14-6-4-3-5-7-14;1-10-17-14-13(7-12(15)8-16-14)18(10)9-11-5-3-2-4-6-11;14-12-8-11(13(15)16-9-12)7-6-10-4-2-1-3-5-10;1-9(2)10(3,4)16-13(15-9)14-17-11(5,6)12(7,8)18-14;1-5-9-8(4,10-6-2)11-7-3;6-3-1-4(7)5(8)9-2-3;1-2(3)4/h6-12H,13H2,1-5H3;3-9,24H,10-11H2,1-2H3;2-8H,9H2,1H3;1-5,8-9H,6-7H2,(H2,15,16);1-8H3;5-7H2,1-4H3;1-2H,7H2,(H2,8,9);1H3,(H,3,4). The molecule has 0 bridgehead atoms. The number of fused-ring (bicyclic) bond motifs is 3. The number of carbonyl (C=O) groups is 1. The molecule has 0 radical (unpaired) electrons. The molecule has 0 atom stereocenters. The molecule has 13 aromatic rings. The maximum absolute atomic E-state index is 9.49. The molecule has 3 saturated heterocycles. The van der Waals surface area contributed by atoms with Crippen LogP contribution in [0.3, 0.4) is 0 Å². The molecule has 3 aliphatic rings. The zero-order valence-electron chi connectivity index (χ0n) is 76.5. The number of benzene rings is 4. The fourth-order valence-corrected chi connectivity index (χ4v) is 14.4. The van der Waals surface area contributed by atoms with Gasteiger partial charge in [0, 0.05) is 109 Å². The maximum atomic E-state index is 9.49. The van der Waals surface area contributed by atoms with Gasteiger partial charge in [-0.15, -0.1) is 0 Å². The van der Waals surface area contributed by atoms with Gasteiger partial charge in [-0.1, -0.05) is 126 Å². The average molecular weight is 1930 g/mol. The third-order valence-corrected chi connectivity index (χ3v) is 23.5. The van der Waals surface area contributed by atoms with Gasteiger partial charge >= 0.3 is 21.1 Å². The Bertz CT molecular complexity index is 5630.